The van der Waals surface area contributed by atoms with Gasteiger partial charge in [0.15, 0.2) is 0 Å². The molecule has 0 bridgehead atoms. The summed E-state index contributed by atoms with van der Waals surface area (Å²) >= 11 is 0. The lowest BCUT2D eigenvalue weighted by Crippen LogP contribution is -2.37. The maximum absolute atomic E-state index is 6.08. The van der Waals surface area contributed by atoms with Crippen LogP contribution in [0, 0.1) is 5.92 Å². The first-order valence-electron chi connectivity index (χ1n) is 7.66. The zero-order valence-corrected chi connectivity index (χ0v) is 13.9. The van der Waals surface area contributed by atoms with Crippen molar-refractivity contribution in [1.82, 2.24) is 0 Å². The Morgan fingerprint density at radius 2 is 1.79 bits per heavy atom. The number of ether oxygens (including phenoxy) is 1. The molecule has 0 saturated heterocycles. The fraction of sp³-hybridized carbons (Fsp3) is 0.647. The van der Waals surface area contributed by atoms with Crippen LogP contribution in [-0.2, 0) is 11.3 Å². The Morgan fingerprint density at radius 1 is 1.11 bits per heavy atom. The van der Waals surface area contributed by atoms with Crippen molar-refractivity contribution >= 4 is 13.3 Å². The number of hydrogen-bond acceptors (Lipinski definition) is 1. The molecule has 1 aliphatic carbocycles. The van der Waals surface area contributed by atoms with Gasteiger partial charge in [0.2, 0.25) is 0 Å². The SMILES string of the molecule is CC1CCCC(OCc2ccc([Si](C)(C)C)cc2)C1. The molecule has 1 aliphatic rings. The number of hydrogen-bond donors (Lipinski definition) is 0. The van der Waals surface area contributed by atoms with E-state index < -0.39 is 8.07 Å². The Balaban J connectivity index is 1.86. The number of rotatable bonds is 4. The highest BCUT2D eigenvalue weighted by Crippen LogP contribution is 2.26. The van der Waals surface area contributed by atoms with Gasteiger partial charge in [0.05, 0.1) is 20.8 Å². The fourth-order valence-corrected chi connectivity index (χ4v) is 4.01. The molecule has 0 aromatic heterocycles. The Morgan fingerprint density at radius 3 is 2.37 bits per heavy atom. The molecule has 0 spiro atoms. The minimum Gasteiger partial charge on any atom is -0.374 e. The van der Waals surface area contributed by atoms with Crippen LogP contribution >= 0.6 is 0 Å². The van der Waals surface area contributed by atoms with E-state index >= 15 is 0 Å². The molecule has 1 fully saturated rings. The second-order valence-electron chi connectivity index (χ2n) is 7.15. The summed E-state index contributed by atoms with van der Waals surface area (Å²) < 4.78 is 6.08. The smallest absolute Gasteiger partial charge is 0.0775 e. The van der Waals surface area contributed by atoms with Crippen molar-refractivity contribution in [2.75, 3.05) is 0 Å². The maximum Gasteiger partial charge on any atom is 0.0775 e. The first-order valence-corrected chi connectivity index (χ1v) is 11.2. The average molecular weight is 276 g/mol. The highest BCUT2D eigenvalue weighted by molar-refractivity contribution is 6.88. The van der Waals surface area contributed by atoms with Crippen LogP contribution in [0.15, 0.2) is 24.3 Å². The highest BCUT2D eigenvalue weighted by atomic mass is 28.3. The van der Waals surface area contributed by atoms with Gasteiger partial charge < -0.3 is 4.74 Å². The van der Waals surface area contributed by atoms with Gasteiger partial charge in [0.1, 0.15) is 0 Å². The molecule has 0 heterocycles. The molecule has 2 unspecified atom stereocenters. The molecule has 0 N–H and O–H groups in total. The van der Waals surface area contributed by atoms with Crippen molar-refractivity contribution in [3.05, 3.63) is 29.8 Å². The maximum atomic E-state index is 6.08. The zero-order chi connectivity index (χ0) is 13.9. The Bertz CT molecular complexity index is 391. The molecule has 1 aromatic rings. The van der Waals surface area contributed by atoms with E-state index in [0.29, 0.717) is 6.10 Å². The molecule has 2 atom stereocenters. The molecule has 2 heteroatoms. The second-order valence-corrected chi connectivity index (χ2v) is 12.2. The minimum atomic E-state index is -1.16. The van der Waals surface area contributed by atoms with E-state index in [1.54, 1.807) is 0 Å². The summed E-state index contributed by atoms with van der Waals surface area (Å²) in [5, 5.41) is 1.53. The first kappa shape index (κ1) is 14.8. The van der Waals surface area contributed by atoms with Gasteiger partial charge in [-0.1, -0.05) is 68.9 Å². The summed E-state index contributed by atoms with van der Waals surface area (Å²) in [6.45, 7) is 10.3. The van der Waals surface area contributed by atoms with Gasteiger partial charge in [-0.25, -0.2) is 0 Å². The third kappa shape index (κ3) is 4.46. The topological polar surface area (TPSA) is 9.23 Å². The summed E-state index contributed by atoms with van der Waals surface area (Å²) in [6.07, 6.45) is 5.69. The van der Waals surface area contributed by atoms with Gasteiger partial charge in [-0.2, -0.15) is 0 Å². The summed E-state index contributed by atoms with van der Waals surface area (Å²) in [5.74, 6) is 0.841. The van der Waals surface area contributed by atoms with Crippen LogP contribution < -0.4 is 5.19 Å². The van der Waals surface area contributed by atoms with Gasteiger partial charge in [-0.3, -0.25) is 0 Å². The average Bonchev–Trinajstić information content (AvgIpc) is 2.36. The van der Waals surface area contributed by atoms with E-state index in [0.717, 1.165) is 12.5 Å². The normalized spacial score (nSPS) is 24.4. The Labute approximate surface area is 119 Å². The third-order valence-corrected chi connectivity index (χ3v) is 6.26. The van der Waals surface area contributed by atoms with Gasteiger partial charge in [0.25, 0.3) is 0 Å². The molecule has 106 valence electrons. The largest absolute Gasteiger partial charge is 0.374 e. The van der Waals surface area contributed by atoms with Crippen LogP contribution in [0.3, 0.4) is 0 Å². The molecular formula is C17H28OSi. The van der Waals surface area contributed by atoms with Crippen molar-refractivity contribution in [2.45, 2.75) is 65.0 Å². The van der Waals surface area contributed by atoms with Gasteiger partial charge >= 0.3 is 0 Å². The number of benzene rings is 1. The summed E-state index contributed by atoms with van der Waals surface area (Å²) in [7, 11) is -1.16. The van der Waals surface area contributed by atoms with Crippen LogP contribution in [0.2, 0.25) is 19.6 Å². The minimum absolute atomic E-state index is 0.486. The summed E-state index contributed by atoms with van der Waals surface area (Å²) in [6, 6.07) is 9.10. The molecule has 0 radical (unpaired) electrons. The van der Waals surface area contributed by atoms with Crippen LogP contribution in [-0.4, -0.2) is 14.2 Å². The van der Waals surface area contributed by atoms with Crippen molar-refractivity contribution in [1.29, 1.82) is 0 Å². The molecule has 0 aliphatic heterocycles. The van der Waals surface area contributed by atoms with Crippen molar-refractivity contribution in [3.63, 3.8) is 0 Å². The van der Waals surface area contributed by atoms with E-state index in [1.165, 1.54) is 36.4 Å². The van der Waals surface area contributed by atoms with Gasteiger partial charge in [-0.05, 0) is 24.3 Å². The van der Waals surface area contributed by atoms with E-state index in [9.17, 15) is 0 Å². The molecular weight excluding hydrogens is 248 g/mol. The van der Waals surface area contributed by atoms with Crippen LogP contribution in [0.4, 0.5) is 0 Å². The second kappa shape index (κ2) is 6.23. The lowest BCUT2D eigenvalue weighted by Gasteiger charge is -2.27. The standard InChI is InChI=1S/C17H28OSi/c1-14-6-5-7-16(12-14)18-13-15-8-10-17(11-9-15)19(2,3)4/h8-11,14,16H,5-7,12-13H2,1-4H3. The van der Waals surface area contributed by atoms with E-state index in [4.69, 9.17) is 4.74 Å². The highest BCUT2D eigenvalue weighted by Gasteiger charge is 2.19. The fourth-order valence-electron chi connectivity index (χ4n) is 2.84. The zero-order valence-electron chi connectivity index (χ0n) is 12.9. The third-order valence-electron chi connectivity index (χ3n) is 4.19. The Hall–Kier alpha value is -0.603. The lowest BCUT2D eigenvalue weighted by atomic mass is 9.89. The monoisotopic (exact) mass is 276 g/mol. The molecule has 1 saturated carbocycles. The summed E-state index contributed by atoms with van der Waals surface area (Å²) in [4.78, 5) is 0. The first-order chi connectivity index (χ1) is 8.95. The quantitative estimate of drug-likeness (QED) is 0.744. The molecule has 2 rings (SSSR count). The Kier molecular flexibility index (Phi) is 4.85. The van der Waals surface area contributed by atoms with Crippen LogP contribution in [0.25, 0.3) is 0 Å². The molecule has 0 amide bonds. The van der Waals surface area contributed by atoms with Crippen molar-refractivity contribution < 1.29 is 4.74 Å². The lowest BCUT2D eigenvalue weighted by molar-refractivity contribution is 0.00468. The predicted molar refractivity (Wildman–Crippen MR) is 85.6 cm³/mol. The molecule has 19 heavy (non-hydrogen) atoms. The molecule has 1 aromatic carbocycles. The van der Waals surface area contributed by atoms with Crippen LogP contribution in [0.5, 0.6) is 0 Å². The van der Waals surface area contributed by atoms with Crippen LogP contribution in [0.1, 0.15) is 38.2 Å². The van der Waals surface area contributed by atoms with E-state index in [1.807, 2.05) is 0 Å². The van der Waals surface area contributed by atoms with Gasteiger partial charge in [-0.15, -0.1) is 0 Å². The van der Waals surface area contributed by atoms with Crippen molar-refractivity contribution in [3.8, 4) is 0 Å². The molecule has 1 nitrogen and oxygen atoms in total. The van der Waals surface area contributed by atoms with E-state index in [2.05, 4.69) is 50.8 Å². The predicted octanol–water partition coefficient (Wildman–Crippen LogP) is 4.33. The van der Waals surface area contributed by atoms with Gasteiger partial charge in [0, 0.05) is 0 Å². The van der Waals surface area contributed by atoms with E-state index in [-0.39, 0.29) is 0 Å². The van der Waals surface area contributed by atoms with Crippen molar-refractivity contribution in [2.24, 2.45) is 5.92 Å². The summed E-state index contributed by atoms with van der Waals surface area (Å²) in [5.41, 5.74) is 1.32.